The van der Waals surface area contributed by atoms with Crippen molar-refractivity contribution < 1.29 is 18.4 Å². The number of benzene rings is 1. The molecule has 0 saturated carbocycles. The molecule has 0 saturated heterocycles. The number of halogens is 3. The Labute approximate surface area is 121 Å². The molecular formula is C14H18F3N3O. The molecule has 1 aromatic rings. The van der Waals surface area contributed by atoms with Crippen LogP contribution in [-0.2, 0) is 12.8 Å². The Kier molecular flexibility index (Phi) is 4.72. The zero-order valence-electron chi connectivity index (χ0n) is 11.5. The molecule has 1 heterocycles. The van der Waals surface area contributed by atoms with Gasteiger partial charge in [0.1, 0.15) is 5.92 Å². The lowest BCUT2D eigenvalue weighted by molar-refractivity contribution is -0.160. The molecule has 2 rings (SSSR count). The van der Waals surface area contributed by atoms with Gasteiger partial charge in [0.05, 0.1) is 0 Å². The predicted octanol–water partition coefficient (Wildman–Crippen LogP) is 2.01. The summed E-state index contributed by atoms with van der Waals surface area (Å²) in [5.74, 6) is -2.73. The van der Waals surface area contributed by atoms with E-state index in [-0.39, 0.29) is 6.54 Å². The molecule has 7 heteroatoms. The Morgan fingerprint density at radius 3 is 2.19 bits per heavy atom. The molecule has 1 aromatic carbocycles. The van der Waals surface area contributed by atoms with E-state index in [0.29, 0.717) is 25.9 Å². The summed E-state index contributed by atoms with van der Waals surface area (Å²) in [6.07, 6.45) is -3.11. The van der Waals surface area contributed by atoms with Crippen LogP contribution in [0.2, 0.25) is 0 Å². The lowest BCUT2D eigenvalue weighted by Gasteiger charge is -2.26. The molecule has 0 amide bonds. The van der Waals surface area contributed by atoms with Crippen molar-refractivity contribution in [2.24, 2.45) is 16.8 Å². The molecule has 0 fully saturated rings. The Morgan fingerprint density at radius 1 is 1.24 bits per heavy atom. The van der Waals surface area contributed by atoms with Crippen LogP contribution in [0.1, 0.15) is 11.1 Å². The number of hydrogen-bond acceptors (Lipinski definition) is 3. The topological polar surface area (TPSA) is 61.9 Å². The number of rotatable bonds is 3. The smallest absolute Gasteiger partial charge is 0.400 e. The first-order valence-electron chi connectivity index (χ1n) is 6.75. The van der Waals surface area contributed by atoms with Crippen molar-refractivity contribution in [1.29, 1.82) is 0 Å². The van der Waals surface area contributed by atoms with E-state index in [4.69, 9.17) is 10.9 Å². The van der Waals surface area contributed by atoms with Crippen LogP contribution in [0.5, 0.6) is 0 Å². The average molecular weight is 301 g/mol. The zero-order chi connectivity index (χ0) is 15.5. The summed E-state index contributed by atoms with van der Waals surface area (Å²) in [6, 6.07) is 7.88. The number of nitrogens with two attached hydrogens (primary N) is 1. The van der Waals surface area contributed by atoms with E-state index in [2.05, 4.69) is 5.16 Å². The molecule has 116 valence electrons. The average Bonchev–Trinajstić information content (AvgIpc) is 2.65. The summed E-state index contributed by atoms with van der Waals surface area (Å²) in [5.41, 5.74) is 7.54. The van der Waals surface area contributed by atoms with E-state index >= 15 is 0 Å². The molecule has 0 radical (unpaired) electrons. The molecule has 1 aliphatic heterocycles. The van der Waals surface area contributed by atoms with Crippen molar-refractivity contribution in [3.8, 4) is 0 Å². The molecular weight excluding hydrogens is 283 g/mol. The van der Waals surface area contributed by atoms with Crippen LogP contribution in [0.4, 0.5) is 13.2 Å². The highest BCUT2D eigenvalue weighted by Crippen LogP contribution is 2.28. The highest BCUT2D eigenvalue weighted by atomic mass is 19.4. The van der Waals surface area contributed by atoms with Crippen molar-refractivity contribution in [3.63, 3.8) is 0 Å². The Morgan fingerprint density at radius 2 is 1.76 bits per heavy atom. The molecule has 1 atom stereocenters. The fraction of sp³-hybridized carbons (Fsp3) is 0.500. The quantitative estimate of drug-likeness (QED) is 0.388. The van der Waals surface area contributed by atoms with Crippen molar-refractivity contribution in [1.82, 2.24) is 4.90 Å². The van der Waals surface area contributed by atoms with Crippen molar-refractivity contribution >= 4 is 5.84 Å². The minimum atomic E-state index is -4.52. The second-order valence-electron chi connectivity index (χ2n) is 5.19. The van der Waals surface area contributed by atoms with Gasteiger partial charge >= 0.3 is 6.18 Å². The molecule has 0 spiro atoms. The maximum Gasteiger partial charge on any atom is 0.400 e. The first kappa shape index (κ1) is 15.6. The number of oxime groups is 1. The summed E-state index contributed by atoms with van der Waals surface area (Å²) >= 11 is 0. The second kappa shape index (κ2) is 6.34. The molecule has 3 N–H and O–H groups in total. The molecule has 4 nitrogen and oxygen atoms in total. The third-order valence-electron chi connectivity index (χ3n) is 3.82. The third-order valence-corrected chi connectivity index (χ3v) is 3.82. The van der Waals surface area contributed by atoms with Gasteiger partial charge in [-0.15, -0.1) is 0 Å². The monoisotopic (exact) mass is 301 g/mol. The lowest BCUT2D eigenvalue weighted by Crippen LogP contribution is -2.45. The highest BCUT2D eigenvalue weighted by Gasteiger charge is 2.43. The lowest BCUT2D eigenvalue weighted by atomic mass is 10.0. The van der Waals surface area contributed by atoms with Crippen LogP contribution in [0.3, 0.4) is 0 Å². The van der Waals surface area contributed by atoms with E-state index in [1.165, 1.54) is 11.1 Å². The Bertz CT molecular complexity index is 489. The van der Waals surface area contributed by atoms with Gasteiger partial charge < -0.3 is 15.8 Å². The Balaban J connectivity index is 2.07. The van der Waals surface area contributed by atoms with E-state index < -0.39 is 17.9 Å². The second-order valence-corrected chi connectivity index (χ2v) is 5.19. The van der Waals surface area contributed by atoms with Gasteiger partial charge in [-0.2, -0.15) is 13.2 Å². The Hall–Kier alpha value is -1.76. The van der Waals surface area contributed by atoms with Crippen LogP contribution >= 0.6 is 0 Å². The molecule has 1 aliphatic rings. The molecule has 0 aromatic heterocycles. The minimum absolute atomic E-state index is 0.284. The van der Waals surface area contributed by atoms with Crippen molar-refractivity contribution in [2.45, 2.75) is 19.0 Å². The standard InChI is InChI=1S/C14H18F3N3O/c15-14(16,17)12(13(18)19-21)9-20-7-5-10-3-1-2-4-11(10)6-8-20/h1-4,12,21H,5-9H2,(H2,18,19). The largest absolute Gasteiger partial charge is 0.409 e. The molecule has 0 aliphatic carbocycles. The maximum absolute atomic E-state index is 13.0. The minimum Gasteiger partial charge on any atom is -0.409 e. The summed E-state index contributed by atoms with van der Waals surface area (Å²) < 4.78 is 38.9. The van der Waals surface area contributed by atoms with Gasteiger partial charge in [0.25, 0.3) is 0 Å². The summed E-state index contributed by atoms with van der Waals surface area (Å²) in [6.45, 7) is 0.776. The van der Waals surface area contributed by atoms with Gasteiger partial charge in [-0.05, 0) is 24.0 Å². The van der Waals surface area contributed by atoms with Crippen LogP contribution in [0.15, 0.2) is 29.4 Å². The first-order valence-corrected chi connectivity index (χ1v) is 6.75. The number of hydrogen-bond donors (Lipinski definition) is 2. The number of amidine groups is 1. The predicted molar refractivity (Wildman–Crippen MR) is 73.2 cm³/mol. The van der Waals surface area contributed by atoms with Crippen LogP contribution in [-0.4, -0.2) is 41.8 Å². The first-order chi connectivity index (χ1) is 9.91. The van der Waals surface area contributed by atoms with Gasteiger partial charge in [0.15, 0.2) is 5.84 Å². The van der Waals surface area contributed by atoms with Crippen molar-refractivity contribution in [3.05, 3.63) is 35.4 Å². The third kappa shape index (κ3) is 3.87. The van der Waals surface area contributed by atoms with Gasteiger partial charge in [-0.1, -0.05) is 29.4 Å². The van der Waals surface area contributed by atoms with E-state index in [0.717, 1.165) is 0 Å². The summed E-state index contributed by atoms with van der Waals surface area (Å²) in [5, 5.41) is 11.1. The fourth-order valence-electron chi connectivity index (χ4n) is 2.59. The van der Waals surface area contributed by atoms with Crippen LogP contribution in [0, 0.1) is 5.92 Å². The number of fused-ring (bicyclic) bond motifs is 1. The van der Waals surface area contributed by atoms with Crippen molar-refractivity contribution in [2.75, 3.05) is 19.6 Å². The highest BCUT2D eigenvalue weighted by molar-refractivity contribution is 5.83. The molecule has 1 unspecified atom stereocenters. The van der Waals surface area contributed by atoms with Crippen LogP contribution in [0.25, 0.3) is 0 Å². The molecule has 21 heavy (non-hydrogen) atoms. The van der Waals surface area contributed by atoms with Gasteiger partial charge in [-0.3, -0.25) is 0 Å². The number of alkyl halides is 3. The van der Waals surface area contributed by atoms with Crippen LogP contribution < -0.4 is 5.73 Å². The summed E-state index contributed by atoms with van der Waals surface area (Å²) in [4.78, 5) is 1.72. The van der Waals surface area contributed by atoms with Gasteiger partial charge in [0.2, 0.25) is 0 Å². The normalized spacial score (nSPS) is 18.9. The van der Waals surface area contributed by atoms with Gasteiger partial charge in [-0.25, -0.2) is 0 Å². The van der Waals surface area contributed by atoms with E-state index in [1.807, 2.05) is 24.3 Å². The molecule has 0 bridgehead atoms. The fourth-order valence-corrected chi connectivity index (χ4v) is 2.59. The summed E-state index contributed by atoms with van der Waals surface area (Å²) in [7, 11) is 0. The maximum atomic E-state index is 13.0. The van der Waals surface area contributed by atoms with E-state index in [9.17, 15) is 13.2 Å². The zero-order valence-corrected chi connectivity index (χ0v) is 11.5. The number of nitrogens with zero attached hydrogens (tertiary/aromatic N) is 2. The van der Waals surface area contributed by atoms with Gasteiger partial charge in [0, 0.05) is 19.6 Å². The van der Waals surface area contributed by atoms with E-state index in [1.54, 1.807) is 4.90 Å². The SMILES string of the molecule is N/C(=N/O)C(CN1CCc2ccccc2CC1)C(F)(F)F.